The summed E-state index contributed by atoms with van der Waals surface area (Å²) in [6.45, 7) is 29.0. The van der Waals surface area contributed by atoms with Crippen molar-refractivity contribution >= 4 is 18.3 Å². The van der Waals surface area contributed by atoms with Gasteiger partial charge in [-0.05, 0) is 151 Å². The molecule has 6 aliphatic heterocycles. The number of likely N-dealkylation sites (tertiary alicyclic amines) is 3. The maximum Gasteiger partial charge on any atom is 0.410 e. The topological polar surface area (TPSA) is 125 Å². The van der Waals surface area contributed by atoms with E-state index in [0.29, 0.717) is 16.2 Å². The zero-order chi connectivity index (χ0) is 36.8. The molecule has 3 amide bonds. The molecule has 0 saturated carbocycles. The fraction of sp³-hybridized carbons (Fsp3) is 0.921. The Morgan fingerprint density at radius 3 is 1.08 bits per heavy atom. The highest BCUT2D eigenvalue weighted by molar-refractivity contribution is 5.69. The number of nitrogens with zero attached hydrogens (tertiary/aromatic N) is 3. The predicted octanol–water partition coefficient (Wildman–Crippen LogP) is 5.60. The average molecular weight is 707 g/mol. The first-order valence-corrected chi connectivity index (χ1v) is 19.3. The van der Waals surface area contributed by atoms with Gasteiger partial charge < -0.3 is 44.9 Å². The lowest BCUT2D eigenvalue weighted by atomic mass is 9.72. The highest BCUT2D eigenvalue weighted by Gasteiger charge is 2.47. The third-order valence-electron chi connectivity index (χ3n) is 11.0. The molecule has 0 radical (unpaired) electrons. The second-order valence-corrected chi connectivity index (χ2v) is 18.9. The highest BCUT2D eigenvalue weighted by Crippen LogP contribution is 2.40. The predicted molar refractivity (Wildman–Crippen MR) is 196 cm³/mol. The Morgan fingerprint density at radius 1 is 0.440 bits per heavy atom. The minimum atomic E-state index is -0.388. The third-order valence-corrected chi connectivity index (χ3v) is 11.0. The molecule has 50 heavy (non-hydrogen) atoms. The van der Waals surface area contributed by atoms with E-state index >= 15 is 0 Å². The number of amides is 3. The number of carbonyl (C=O) groups is 3. The van der Waals surface area contributed by atoms with E-state index in [2.05, 4.69) is 16.0 Å². The Bertz CT molecular complexity index is 1110. The van der Waals surface area contributed by atoms with Crippen molar-refractivity contribution in [1.29, 1.82) is 0 Å². The van der Waals surface area contributed by atoms with E-state index < -0.39 is 0 Å². The third kappa shape index (κ3) is 12.1. The summed E-state index contributed by atoms with van der Waals surface area (Å²) in [5.41, 5.74) is 0.212. The summed E-state index contributed by atoms with van der Waals surface area (Å²) >= 11 is 0. The molecule has 0 bridgehead atoms. The van der Waals surface area contributed by atoms with Crippen LogP contribution in [0.1, 0.15) is 114 Å². The minimum absolute atomic E-state index is 0.147. The molecule has 288 valence electrons. The molecule has 0 aromatic carbocycles. The second kappa shape index (κ2) is 16.1. The van der Waals surface area contributed by atoms with Crippen LogP contribution in [0.25, 0.3) is 0 Å². The van der Waals surface area contributed by atoms with E-state index in [9.17, 15) is 14.4 Å². The van der Waals surface area contributed by atoms with E-state index in [-0.39, 0.29) is 35.1 Å². The van der Waals surface area contributed by atoms with Crippen molar-refractivity contribution in [2.75, 3.05) is 78.5 Å². The standard InChI is InChI=1S/C14H26N2O2.2C12H22N2O2/c1-13(2,3)18-12(17)16-10-6-14(7-11-16)4-8-15-9-5-14;1-11(2,3)16-10(15)14-6-4-12(5-7-14)8-13-9-12;1-11(2,3)16-10(15)14-8-12(9-14)4-6-13-7-5-12/h15H,4-11H2,1-3H3;2*13H,4-9H2,1-3H3. The van der Waals surface area contributed by atoms with Gasteiger partial charge in [0.25, 0.3) is 0 Å². The normalized spacial score (nSPS) is 24.1. The van der Waals surface area contributed by atoms with Crippen molar-refractivity contribution in [2.24, 2.45) is 16.2 Å². The van der Waals surface area contributed by atoms with Crippen molar-refractivity contribution < 1.29 is 28.6 Å². The molecule has 6 rings (SSSR count). The number of rotatable bonds is 0. The molecule has 0 atom stereocenters. The maximum absolute atomic E-state index is 12.0. The van der Waals surface area contributed by atoms with Crippen molar-refractivity contribution in [3.63, 3.8) is 0 Å². The summed E-state index contributed by atoms with van der Waals surface area (Å²) < 4.78 is 16.1. The molecular weight excluding hydrogens is 636 g/mol. The largest absolute Gasteiger partial charge is 0.444 e. The molecular formula is C38H70N6O6. The SMILES string of the molecule is CC(C)(C)OC(=O)N1CC2(CCNCC2)C1.CC(C)(C)OC(=O)N1CCC2(CC1)CNC2.CC(C)(C)OC(=O)N1CCC2(CCNCC2)CC1. The molecule has 3 N–H and O–H groups in total. The number of piperidine rings is 4. The van der Waals surface area contributed by atoms with Gasteiger partial charge >= 0.3 is 18.3 Å². The van der Waals surface area contributed by atoms with Crippen LogP contribution in [-0.2, 0) is 14.2 Å². The molecule has 3 spiro atoms. The van der Waals surface area contributed by atoms with Crippen molar-refractivity contribution in [3.05, 3.63) is 0 Å². The first-order chi connectivity index (χ1) is 23.2. The maximum atomic E-state index is 12.0. The Morgan fingerprint density at radius 2 is 0.760 bits per heavy atom. The first-order valence-electron chi connectivity index (χ1n) is 19.3. The van der Waals surface area contributed by atoms with Gasteiger partial charge in [-0.1, -0.05) is 0 Å². The Kier molecular flexibility index (Phi) is 13.1. The molecule has 0 aromatic heterocycles. The van der Waals surface area contributed by atoms with Crippen molar-refractivity contribution in [1.82, 2.24) is 30.7 Å². The molecule has 6 aliphatic rings. The monoisotopic (exact) mass is 707 g/mol. The number of ether oxygens (including phenoxy) is 3. The highest BCUT2D eigenvalue weighted by atomic mass is 16.6. The molecule has 12 heteroatoms. The van der Waals surface area contributed by atoms with Crippen LogP contribution in [0.15, 0.2) is 0 Å². The van der Waals surface area contributed by atoms with E-state index in [1.54, 1.807) is 0 Å². The average Bonchev–Trinajstić information content (AvgIpc) is 2.98. The zero-order valence-corrected chi connectivity index (χ0v) is 32.9. The van der Waals surface area contributed by atoms with Gasteiger partial charge in [-0.3, -0.25) is 0 Å². The van der Waals surface area contributed by atoms with Crippen LogP contribution < -0.4 is 16.0 Å². The Labute approximate surface area is 302 Å². The van der Waals surface area contributed by atoms with E-state index in [0.717, 1.165) is 104 Å². The van der Waals surface area contributed by atoms with Gasteiger partial charge in [0.15, 0.2) is 0 Å². The van der Waals surface area contributed by atoms with Crippen LogP contribution in [0.5, 0.6) is 0 Å². The lowest BCUT2D eigenvalue weighted by Crippen LogP contribution is -2.62. The minimum Gasteiger partial charge on any atom is -0.444 e. The van der Waals surface area contributed by atoms with Crippen molar-refractivity contribution in [3.8, 4) is 0 Å². The molecule has 0 unspecified atom stereocenters. The molecule has 0 aliphatic carbocycles. The quantitative estimate of drug-likeness (QED) is 0.276. The molecule has 6 heterocycles. The summed E-state index contributed by atoms with van der Waals surface area (Å²) in [5.74, 6) is 0. The van der Waals surface area contributed by atoms with Crippen molar-refractivity contribution in [2.45, 2.75) is 130 Å². The summed E-state index contributed by atoms with van der Waals surface area (Å²) in [6.07, 6.45) is 8.92. The van der Waals surface area contributed by atoms with Crippen LogP contribution >= 0.6 is 0 Å². The van der Waals surface area contributed by atoms with Gasteiger partial charge in [0.1, 0.15) is 16.8 Å². The summed E-state index contributed by atoms with van der Waals surface area (Å²) in [7, 11) is 0. The van der Waals surface area contributed by atoms with Crippen LogP contribution in [0.3, 0.4) is 0 Å². The lowest BCUT2D eigenvalue weighted by Gasteiger charge is -2.52. The van der Waals surface area contributed by atoms with Gasteiger partial charge in [0, 0.05) is 57.8 Å². The zero-order valence-electron chi connectivity index (χ0n) is 32.9. The van der Waals surface area contributed by atoms with Crippen LogP contribution in [0, 0.1) is 16.2 Å². The summed E-state index contributed by atoms with van der Waals surface area (Å²) in [4.78, 5) is 41.1. The van der Waals surface area contributed by atoms with Gasteiger partial charge in [-0.2, -0.15) is 0 Å². The molecule has 0 aromatic rings. The van der Waals surface area contributed by atoms with E-state index in [1.165, 1.54) is 25.7 Å². The summed E-state index contributed by atoms with van der Waals surface area (Å²) in [6, 6.07) is 0. The van der Waals surface area contributed by atoms with Gasteiger partial charge in [-0.25, -0.2) is 14.4 Å². The van der Waals surface area contributed by atoms with Crippen LogP contribution in [0.4, 0.5) is 14.4 Å². The smallest absolute Gasteiger partial charge is 0.410 e. The Hall–Kier alpha value is -2.31. The number of carbonyl (C=O) groups excluding carboxylic acids is 3. The molecule has 12 nitrogen and oxygen atoms in total. The number of hydrogen-bond donors (Lipinski definition) is 3. The van der Waals surface area contributed by atoms with Gasteiger partial charge in [0.05, 0.1) is 0 Å². The fourth-order valence-corrected chi connectivity index (χ4v) is 7.76. The Balaban J connectivity index is 0.000000169. The van der Waals surface area contributed by atoms with E-state index in [4.69, 9.17) is 14.2 Å². The van der Waals surface area contributed by atoms with Gasteiger partial charge in [-0.15, -0.1) is 0 Å². The van der Waals surface area contributed by atoms with Crippen LogP contribution in [0.2, 0.25) is 0 Å². The van der Waals surface area contributed by atoms with Crippen LogP contribution in [-0.4, -0.2) is 128 Å². The number of nitrogens with one attached hydrogen (secondary N) is 3. The summed E-state index contributed by atoms with van der Waals surface area (Å²) in [5, 5.41) is 10.1. The molecule has 6 saturated heterocycles. The second-order valence-electron chi connectivity index (χ2n) is 18.9. The number of hydrogen-bond acceptors (Lipinski definition) is 9. The first kappa shape index (κ1) is 40.5. The molecule has 6 fully saturated rings. The van der Waals surface area contributed by atoms with Gasteiger partial charge in [0.2, 0.25) is 0 Å². The lowest BCUT2D eigenvalue weighted by molar-refractivity contribution is -0.0457. The van der Waals surface area contributed by atoms with E-state index in [1.807, 2.05) is 77.0 Å². The fourth-order valence-electron chi connectivity index (χ4n) is 7.76.